The van der Waals surface area contributed by atoms with Gasteiger partial charge in [-0.1, -0.05) is 96.2 Å². The fourth-order valence-electron chi connectivity index (χ4n) is 4.65. The van der Waals surface area contributed by atoms with Crippen molar-refractivity contribution in [3.63, 3.8) is 0 Å². The lowest BCUT2D eigenvalue weighted by Gasteiger charge is -2.36. The summed E-state index contributed by atoms with van der Waals surface area (Å²) in [7, 11) is 1.36. The van der Waals surface area contributed by atoms with Crippen molar-refractivity contribution in [2.75, 3.05) is 18.2 Å². The van der Waals surface area contributed by atoms with Gasteiger partial charge in [-0.05, 0) is 16.7 Å². The van der Waals surface area contributed by atoms with Crippen molar-refractivity contribution in [3.05, 3.63) is 119 Å². The minimum Gasteiger partial charge on any atom is -0.398 e. The molecule has 1 aromatic heterocycles. The van der Waals surface area contributed by atoms with Crippen molar-refractivity contribution in [1.29, 1.82) is 0 Å². The summed E-state index contributed by atoms with van der Waals surface area (Å²) in [4.78, 5) is 34.8. The molecule has 2 heterocycles. The number of aromatic nitrogens is 1. The first kappa shape index (κ1) is 26.5. The van der Waals surface area contributed by atoms with Gasteiger partial charge in [0.25, 0.3) is 5.91 Å². The van der Waals surface area contributed by atoms with Crippen LogP contribution in [0.2, 0.25) is 0 Å². The normalized spacial score (nSPS) is 17.1. The van der Waals surface area contributed by atoms with Crippen LogP contribution < -0.4 is 16.0 Å². The zero-order valence-corrected chi connectivity index (χ0v) is 22.8. The van der Waals surface area contributed by atoms with E-state index in [1.54, 1.807) is 5.38 Å². The maximum Gasteiger partial charge on any atom is 0.276 e. The molecule has 0 aliphatic carbocycles. The molecule has 2 amide bonds. The molecule has 0 unspecified atom stereocenters. The molecule has 0 spiro atoms. The number of nitrogens with zero attached hydrogens (tertiary/aromatic N) is 2. The van der Waals surface area contributed by atoms with Gasteiger partial charge in [-0.25, -0.2) is 4.98 Å². The topological polar surface area (TPSA) is 105 Å². The van der Waals surface area contributed by atoms with Crippen molar-refractivity contribution in [2.24, 2.45) is 5.16 Å². The van der Waals surface area contributed by atoms with Crippen LogP contribution >= 0.6 is 24.0 Å². The van der Waals surface area contributed by atoms with Crippen molar-refractivity contribution < 1.29 is 14.4 Å². The van der Waals surface area contributed by atoms with E-state index in [1.165, 1.54) is 18.4 Å². The highest BCUT2D eigenvalue weighted by atomic mass is 32.1. The molecule has 3 N–H and O–H groups in total. The van der Waals surface area contributed by atoms with Crippen LogP contribution in [0.25, 0.3) is 0 Å². The van der Waals surface area contributed by atoms with E-state index < -0.39 is 17.5 Å². The summed E-state index contributed by atoms with van der Waals surface area (Å²) in [6.07, 6.45) is 0. The minimum absolute atomic E-state index is 0.0239. The number of β-lactam (4-membered cyclic amide) rings is 1. The number of thiazole rings is 1. The zero-order chi connectivity index (χ0) is 27.2. The van der Waals surface area contributed by atoms with E-state index in [1.807, 2.05) is 54.6 Å². The van der Waals surface area contributed by atoms with Crippen molar-refractivity contribution in [1.82, 2.24) is 15.6 Å². The predicted octanol–water partition coefficient (Wildman–Crippen LogP) is 3.81. The van der Waals surface area contributed by atoms with E-state index in [9.17, 15) is 9.59 Å². The standard InChI is InChI=1S/C29H27N5O3S2/c1-37-34-25(27(36)32-24-22(17-38)30-26(24)35)23-18-39-28(31-23)33-29(19-11-5-2-6-12-19,20-13-7-3-8-14-20)21-15-9-4-10-16-21/h2-16,18,22,24,38H,17H2,1H3,(H,30,35)(H,31,33)(H,32,36)/b34-25-/t22-,24+/m1/s1. The Labute approximate surface area is 235 Å². The highest BCUT2D eigenvalue weighted by molar-refractivity contribution is 7.80. The molecule has 2 atom stereocenters. The second-order valence-electron chi connectivity index (χ2n) is 8.88. The summed E-state index contributed by atoms with van der Waals surface area (Å²) >= 11 is 5.57. The summed E-state index contributed by atoms with van der Waals surface area (Å²) in [5.41, 5.74) is 2.60. The van der Waals surface area contributed by atoms with E-state index in [0.717, 1.165) is 16.7 Å². The van der Waals surface area contributed by atoms with Gasteiger partial charge < -0.3 is 20.8 Å². The second-order valence-corrected chi connectivity index (χ2v) is 10.1. The molecule has 10 heteroatoms. The summed E-state index contributed by atoms with van der Waals surface area (Å²) in [5.74, 6) is -0.419. The molecule has 1 aliphatic rings. The molecule has 0 saturated carbocycles. The molecule has 8 nitrogen and oxygen atoms in total. The first-order chi connectivity index (χ1) is 19.1. The van der Waals surface area contributed by atoms with Crippen LogP contribution in [0.4, 0.5) is 5.13 Å². The van der Waals surface area contributed by atoms with Crippen LogP contribution in [0.15, 0.2) is 102 Å². The average Bonchev–Trinajstić information content (AvgIpc) is 3.45. The molecule has 1 fully saturated rings. The number of anilines is 1. The van der Waals surface area contributed by atoms with Gasteiger partial charge in [0.05, 0.1) is 6.04 Å². The Morgan fingerprint density at radius 1 is 1.00 bits per heavy atom. The molecule has 1 saturated heterocycles. The molecule has 39 heavy (non-hydrogen) atoms. The van der Waals surface area contributed by atoms with Gasteiger partial charge in [0, 0.05) is 11.1 Å². The largest absolute Gasteiger partial charge is 0.398 e. The van der Waals surface area contributed by atoms with Gasteiger partial charge in [-0.3, -0.25) is 9.59 Å². The van der Waals surface area contributed by atoms with E-state index in [4.69, 9.17) is 9.82 Å². The Bertz CT molecular complexity index is 1370. The van der Waals surface area contributed by atoms with E-state index in [2.05, 4.69) is 70.1 Å². The molecular weight excluding hydrogens is 530 g/mol. The third kappa shape index (κ3) is 5.25. The van der Waals surface area contributed by atoms with Gasteiger partial charge in [-0.2, -0.15) is 12.6 Å². The van der Waals surface area contributed by atoms with E-state index >= 15 is 0 Å². The predicted molar refractivity (Wildman–Crippen MR) is 156 cm³/mol. The summed E-state index contributed by atoms with van der Waals surface area (Å²) in [6, 6.07) is 29.5. The Morgan fingerprint density at radius 3 is 2.00 bits per heavy atom. The molecule has 1 aliphatic heterocycles. The Balaban J connectivity index is 1.53. The molecule has 5 rings (SSSR count). The number of benzene rings is 3. The lowest BCUT2D eigenvalue weighted by molar-refractivity contribution is -0.134. The minimum atomic E-state index is -0.774. The first-order valence-electron chi connectivity index (χ1n) is 12.3. The Morgan fingerprint density at radius 2 is 1.54 bits per heavy atom. The molecule has 0 radical (unpaired) electrons. The number of carbonyl (C=O) groups excluding carboxylic acids is 2. The number of hydrogen-bond donors (Lipinski definition) is 4. The van der Waals surface area contributed by atoms with Crippen LogP contribution in [0, 0.1) is 0 Å². The monoisotopic (exact) mass is 557 g/mol. The van der Waals surface area contributed by atoms with Gasteiger partial charge in [0.1, 0.15) is 24.4 Å². The molecule has 198 valence electrons. The first-order valence-corrected chi connectivity index (χ1v) is 13.8. The number of carbonyl (C=O) groups is 2. The molecular formula is C29H27N5O3S2. The third-order valence-electron chi connectivity index (χ3n) is 6.56. The maximum absolute atomic E-state index is 13.1. The lowest BCUT2D eigenvalue weighted by Crippen LogP contribution is -2.70. The van der Waals surface area contributed by atoms with Crippen LogP contribution in [-0.2, 0) is 20.0 Å². The van der Waals surface area contributed by atoms with Gasteiger partial charge in [-0.15, -0.1) is 11.3 Å². The van der Waals surface area contributed by atoms with Crippen molar-refractivity contribution in [3.8, 4) is 0 Å². The van der Waals surface area contributed by atoms with Gasteiger partial charge in [0.2, 0.25) is 5.91 Å². The number of amides is 2. The highest BCUT2D eigenvalue weighted by Gasteiger charge is 2.41. The maximum atomic E-state index is 13.1. The van der Waals surface area contributed by atoms with E-state index in [0.29, 0.717) is 16.6 Å². The van der Waals surface area contributed by atoms with Crippen molar-refractivity contribution >= 4 is 46.6 Å². The lowest BCUT2D eigenvalue weighted by atomic mass is 9.77. The number of rotatable bonds is 10. The number of thiol groups is 1. The molecule has 0 bridgehead atoms. The van der Waals surface area contributed by atoms with E-state index in [-0.39, 0.29) is 17.7 Å². The van der Waals surface area contributed by atoms with Crippen LogP contribution in [0.5, 0.6) is 0 Å². The zero-order valence-electron chi connectivity index (χ0n) is 21.1. The molecule has 3 aromatic carbocycles. The number of nitrogens with one attached hydrogen (secondary N) is 3. The van der Waals surface area contributed by atoms with Gasteiger partial charge in [0.15, 0.2) is 10.8 Å². The number of oxime groups is 1. The highest BCUT2D eigenvalue weighted by Crippen LogP contribution is 2.40. The Kier molecular flexibility index (Phi) is 7.94. The van der Waals surface area contributed by atoms with Crippen LogP contribution in [0.1, 0.15) is 22.4 Å². The van der Waals surface area contributed by atoms with Crippen LogP contribution in [0.3, 0.4) is 0 Å². The molecule has 4 aromatic rings. The van der Waals surface area contributed by atoms with Gasteiger partial charge >= 0.3 is 0 Å². The summed E-state index contributed by atoms with van der Waals surface area (Å²) in [6.45, 7) is 0. The average molecular weight is 558 g/mol. The fraction of sp³-hybridized carbons (Fsp3) is 0.172. The second kappa shape index (κ2) is 11.7. The Hall–Kier alpha value is -4.15. The fourth-order valence-corrected chi connectivity index (χ4v) is 5.70. The summed E-state index contributed by atoms with van der Waals surface area (Å²) in [5, 5.41) is 15.4. The third-order valence-corrected chi connectivity index (χ3v) is 7.71. The quantitative estimate of drug-likeness (QED) is 0.0781. The van der Waals surface area contributed by atoms with Crippen LogP contribution in [-0.4, -0.2) is 47.5 Å². The smallest absolute Gasteiger partial charge is 0.276 e. The summed E-state index contributed by atoms with van der Waals surface area (Å²) < 4.78 is 0. The number of hydrogen-bond acceptors (Lipinski definition) is 8. The SMILES string of the molecule is CO/N=C(\C(=O)N[C@@H]1C(=O)N[C@@H]1CS)c1csc(NC(c2ccccc2)(c2ccccc2)c2ccccc2)n1. The van der Waals surface area contributed by atoms with Crippen molar-refractivity contribution in [2.45, 2.75) is 17.6 Å².